The lowest BCUT2D eigenvalue weighted by Crippen LogP contribution is -2.50. The number of nitrogens with one attached hydrogen (secondary N) is 3. The van der Waals surface area contributed by atoms with Crippen LogP contribution in [0.1, 0.15) is 18.2 Å². The maximum Gasteiger partial charge on any atom is 0.336 e. The Morgan fingerprint density at radius 1 is 1.25 bits per heavy atom. The number of hydrogen-bond donors (Lipinski definition) is 3. The summed E-state index contributed by atoms with van der Waals surface area (Å²) in [6.45, 7) is 3.81. The second-order valence-electron chi connectivity index (χ2n) is 6.04. The highest BCUT2D eigenvalue weighted by Crippen LogP contribution is 2.22. The number of ether oxygens (including phenoxy) is 1. The van der Waals surface area contributed by atoms with Crippen LogP contribution in [-0.2, 0) is 11.3 Å². The van der Waals surface area contributed by atoms with Crippen LogP contribution in [0.5, 0.6) is 5.75 Å². The summed E-state index contributed by atoms with van der Waals surface area (Å²) in [5.74, 6) is 0.695. The Morgan fingerprint density at radius 2 is 2.07 bits per heavy atom. The molecule has 0 fully saturated rings. The number of furan rings is 1. The Hall–Kier alpha value is -3.33. The first-order chi connectivity index (χ1) is 13.4. The minimum Gasteiger partial charge on any atom is -0.481 e. The van der Waals surface area contributed by atoms with E-state index < -0.39 is 17.6 Å². The minimum atomic E-state index is -0.811. The number of thiocarbonyl (C=S) groups is 1. The quantitative estimate of drug-likeness (QED) is 0.339. The summed E-state index contributed by atoms with van der Waals surface area (Å²) in [6, 6.07) is 10.1. The first kappa shape index (κ1) is 19.4. The maximum absolute atomic E-state index is 12.2. The molecule has 2 aromatic heterocycles. The van der Waals surface area contributed by atoms with Crippen LogP contribution < -0.4 is 26.5 Å². The van der Waals surface area contributed by atoms with Gasteiger partial charge in [0.15, 0.2) is 11.2 Å². The predicted octanol–water partition coefficient (Wildman–Crippen LogP) is 2.16. The van der Waals surface area contributed by atoms with Crippen molar-refractivity contribution in [1.29, 1.82) is 0 Å². The van der Waals surface area contributed by atoms with Gasteiger partial charge in [-0.1, -0.05) is 0 Å². The molecule has 3 rings (SSSR count). The van der Waals surface area contributed by atoms with Crippen molar-refractivity contribution in [2.45, 2.75) is 26.5 Å². The van der Waals surface area contributed by atoms with Crippen molar-refractivity contribution in [2.75, 3.05) is 0 Å². The van der Waals surface area contributed by atoms with Gasteiger partial charge >= 0.3 is 5.63 Å². The number of amides is 1. The summed E-state index contributed by atoms with van der Waals surface area (Å²) in [5, 5.41) is 3.93. The summed E-state index contributed by atoms with van der Waals surface area (Å²) >= 11 is 5.08. The number of fused-ring (bicyclic) bond motifs is 1. The minimum absolute atomic E-state index is 0.236. The molecule has 0 aliphatic rings. The second kappa shape index (κ2) is 8.57. The van der Waals surface area contributed by atoms with E-state index in [0.29, 0.717) is 23.6 Å². The molecule has 0 bridgehead atoms. The fraction of sp³-hybridized carbons (Fsp3) is 0.211. The molecule has 28 heavy (non-hydrogen) atoms. The van der Waals surface area contributed by atoms with Crippen molar-refractivity contribution < 1.29 is 18.4 Å². The molecule has 0 saturated heterocycles. The molecule has 146 valence electrons. The van der Waals surface area contributed by atoms with Crippen molar-refractivity contribution in [3.63, 3.8) is 0 Å². The Morgan fingerprint density at radius 3 is 2.82 bits per heavy atom. The lowest BCUT2D eigenvalue weighted by atomic mass is 10.1. The van der Waals surface area contributed by atoms with Crippen LogP contribution in [0.4, 0.5) is 0 Å². The lowest BCUT2D eigenvalue weighted by Gasteiger charge is -2.16. The third-order valence-corrected chi connectivity index (χ3v) is 4.15. The first-order valence-corrected chi connectivity index (χ1v) is 8.90. The smallest absolute Gasteiger partial charge is 0.336 e. The van der Waals surface area contributed by atoms with Gasteiger partial charge in [-0.05, 0) is 55.9 Å². The molecule has 3 aromatic rings. The van der Waals surface area contributed by atoms with Gasteiger partial charge in [0.05, 0.1) is 12.8 Å². The molecule has 1 amide bonds. The Kier molecular flexibility index (Phi) is 5.95. The zero-order chi connectivity index (χ0) is 20.1. The number of rotatable bonds is 5. The highest BCUT2D eigenvalue weighted by molar-refractivity contribution is 7.80. The molecule has 1 aromatic carbocycles. The van der Waals surface area contributed by atoms with Gasteiger partial charge in [0.25, 0.3) is 5.91 Å². The normalized spacial score (nSPS) is 11.6. The number of carbonyl (C=O) groups is 1. The van der Waals surface area contributed by atoms with Gasteiger partial charge in [-0.2, -0.15) is 0 Å². The SMILES string of the molecule is Cc1cc(=O)oc2cc(O[C@H](C)C(=O)NNC(=S)NCc3ccco3)ccc12. The highest BCUT2D eigenvalue weighted by Gasteiger charge is 2.15. The molecular weight excluding hydrogens is 382 g/mol. The molecule has 0 aliphatic carbocycles. The average Bonchev–Trinajstić information content (AvgIpc) is 3.17. The largest absolute Gasteiger partial charge is 0.481 e. The monoisotopic (exact) mass is 401 g/mol. The van der Waals surface area contributed by atoms with E-state index in [1.807, 2.05) is 6.92 Å². The first-order valence-electron chi connectivity index (χ1n) is 8.49. The van der Waals surface area contributed by atoms with Gasteiger partial charge in [-0.3, -0.25) is 15.6 Å². The average molecular weight is 401 g/mol. The van der Waals surface area contributed by atoms with Crippen LogP contribution >= 0.6 is 12.2 Å². The van der Waals surface area contributed by atoms with Crippen molar-refractivity contribution in [1.82, 2.24) is 16.2 Å². The number of hydrazine groups is 1. The molecule has 0 radical (unpaired) electrons. The summed E-state index contributed by atoms with van der Waals surface area (Å²) in [5.41, 5.74) is 5.83. The maximum atomic E-state index is 12.2. The summed E-state index contributed by atoms with van der Waals surface area (Å²) in [7, 11) is 0. The Balaban J connectivity index is 1.53. The summed E-state index contributed by atoms with van der Waals surface area (Å²) < 4.78 is 16.0. The molecule has 9 heteroatoms. The summed E-state index contributed by atoms with van der Waals surface area (Å²) in [4.78, 5) is 23.7. The fourth-order valence-corrected chi connectivity index (χ4v) is 2.60. The zero-order valence-corrected chi connectivity index (χ0v) is 16.1. The van der Waals surface area contributed by atoms with Gasteiger partial charge in [0.1, 0.15) is 17.1 Å². The van der Waals surface area contributed by atoms with Crippen LogP contribution in [0, 0.1) is 6.92 Å². The number of hydrogen-bond acceptors (Lipinski definition) is 6. The van der Waals surface area contributed by atoms with Crippen molar-refractivity contribution in [3.05, 3.63) is 64.4 Å². The Bertz CT molecular complexity index is 1050. The van der Waals surface area contributed by atoms with E-state index >= 15 is 0 Å². The van der Waals surface area contributed by atoms with Gasteiger partial charge in [-0.15, -0.1) is 0 Å². The molecular formula is C19H19N3O5S. The van der Waals surface area contributed by atoms with E-state index in [1.54, 1.807) is 43.5 Å². The second-order valence-corrected chi connectivity index (χ2v) is 6.45. The lowest BCUT2D eigenvalue weighted by molar-refractivity contribution is -0.127. The third kappa shape index (κ3) is 4.89. The molecule has 0 saturated carbocycles. The molecule has 2 heterocycles. The van der Waals surface area contributed by atoms with Gasteiger partial charge in [0.2, 0.25) is 0 Å². The van der Waals surface area contributed by atoms with Crippen LogP contribution in [-0.4, -0.2) is 17.1 Å². The van der Waals surface area contributed by atoms with E-state index in [4.69, 9.17) is 25.8 Å². The highest BCUT2D eigenvalue weighted by atomic mass is 32.1. The van der Waals surface area contributed by atoms with Crippen molar-refractivity contribution in [2.24, 2.45) is 0 Å². The van der Waals surface area contributed by atoms with E-state index in [1.165, 1.54) is 6.07 Å². The fourth-order valence-electron chi connectivity index (χ4n) is 2.48. The van der Waals surface area contributed by atoms with Crippen LogP contribution in [0.3, 0.4) is 0 Å². The van der Waals surface area contributed by atoms with E-state index in [0.717, 1.165) is 10.9 Å². The van der Waals surface area contributed by atoms with Crippen molar-refractivity contribution in [3.8, 4) is 5.75 Å². The Labute approximate surface area is 165 Å². The molecule has 8 nitrogen and oxygen atoms in total. The van der Waals surface area contributed by atoms with Crippen LogP contribution in [0.2, 0.25) is 0 Å². The molecule has 0 aliphatic heterocycles. The van der Waals surface area contributed by atoms with E-state index in [9.17, 15) is 9.59 Å². The topological polar surface area (TPSA) is 106 Å². The summed E-state index contributed by atoms with van der Waals surface area (Å²) in [6.07, 6.45) is 0.752. The number of benzene rings is 1. The van der Waals surface area contributed by atoms with Crippen LogP contribution in [0.15, 0.2) is 56.3 Å². The van der Waals surface area contributed by atoms with Gasteiger partial charge < -0.3 is 18.9 Å². The third-order valence-electron chi connectivity index (χ3n) is 3.91. The standard InChI is InChI=1S/C19H19N3O5S/c1-11-8-17(23)27-16-9-13(5-6-15(11)16)26-12(2)18(24)21-22-19(28)20-10-14-4-3-7-25-14/h3-9,12H,10H2,1-2H3,(H,21,24)(H2,20,22,28)/t12-/m1/s1. The number of carbonyl (C=O) groups excluding carboxylic acids is 1. The predicted molar refractivity (Wildman–Crippen MR) is 107 cm³/mol. The zero-order valence-electron chi connectivity index (χ0n) is 15.3. The molecule has 1 atom stereocenters. The van der Waals surface area contributed by atoms with E-state index in [-0.39, 0.29) is 5.11 Å². The van der Waals surface area contributed by atoms with Gasteiger partial charge in [0, 0.05) is 17.5 Å². The molecule has 3 N–H and O–H groups in total. The molecule has 0 spiro atoms. The number of aryl methyl sites for hydroxylation is 1. The molecule has 0 unspecified atom stereocenters. The van der Waals surface area contributed by atoms with Crippen molar-refractivity contribution >= 4 is 34.2 Å². The van der Waals surface area contributed by atoms with E-state index in [2.05, 4.69) is 16.2 Å². The van der Waals surface area contributed by atoms with Crippen LogP contribution in [0.25, 0.3) is 11.0 Å². The van der Waals surface area contributed by atoms with Gasteiger partial charge in [-0.25, -0.2) is 4.79 Å².